The lowest BCUT2D eigenvalue weighted by Crippen LogP contribution is -2.35. The second-order valence-corrected chi connectivity index (χ2v) is 5.07. The van der Waals surface area contributed by atoms with Gasteiger partial charge < -0.3 is 5.32 Å². The third-order valence-corrected chi connectivity index (χ3v) is 3.53. The van der Waals surface area contributed by atoms with Crippen molar-refractivity contribution in [3.63, 3.8) is 0 Å². The van der Waals surface area contributed by atoms with E-state index in [0.717, 1.165) is 30.1 Å². The minimum absolute atomic E-state index is 0.0730. The normalized spacial score (nSPS) is 14.7. The molecule has 0 aliphatic heterocycles. The summed E-state index contributed by atoms with van der Waals surface area (Å²) < 4.78 is 1.92. The lowest BCUT2D eigenvalue weighted by atomic mass is 9.95. The minimum Gasteiger partial charge on any atom is -0.362 e. The molecule has 0 spiro atoms. The molecule has 0 aliphatic rings. The molecular weight excluding hydrogens is 250 g/mol. The molecule has 1 atom stereocenters. The number of anilines is 1. The molecule has 6 heteroatoms. The highest BCUT2D eigenvalue weighted by atomic mass is 35.5. The summed E-state index contributed by atoms with van der Waals surface area (Å²) in [7, 11) is 0. The molecule has 1 unspecified atom stereocenters. The third-order valence-electron chi connectivity index (χ3n) is 3.34. The molecule has 5 nitrogen and oxygen atoms in total. The summed E-state index contributed by atoms with van der Waals surface area (Å²) in [4.78, 5) is 4.36. The molecule has 0 bridgehead atoms. The smallest absolute Gasteiger partial charge is 0.203 e. The summed E-state index contributed by atoms with van der Waals surface area (Å²) >= 11 is 5.86. The molecule has 0 saturated heterocycles. The van der Waals surface area contributed by atoms with Crippen LogP contribution in [-0.2, 0) is 0 Å². The van der Waals surface area contributed by atoms with Crippen molar-refractivity contribution in [2.24, 2.45) is 0 Å². The van der Waals surface area contributed by atoms with E-state index < -0.39 is 0 Å². The Morgan fingerprint density at radius 2 is 2.22 bits per heavy atom. The highest BCUT2D eigenvalue weighted by Gasteiger charge is 2.23. The van der Waals surface area contributed by atoms with Crippen LogP contribution in [0.2, 0.25) is 0 Å². The number of hydrogen-bond acceptors (Lipinski definition) is 4. The molecule has 2 heterocycles. The van der Waals surface area contributed by atoms with E-state index in [0.29, 0.717) is 5.88 Å². The van der Waals surface area contributed by atoms with Gasteiger partial charge in [-0.25, -0.2) is 4.98 Å². The molecule has 0 radical (unpaired) electrons. The van der Waals surface area contributed by atoms with Crippen LogP contribution in [0.4, 0.5) is 5.82 Å². The average Bonchev–Trinajstić information content (AvgIpc) is 2.73. The first-order valence-corrected chi connectivity index (χ1v) is 6.63. The van der Waals surface area contributed by atoms with E-state index in [1.807, 2.05) is 17.5 Å². The van der Waals surface area contributed by atoms with Crippen LogP contribution in [-0.4, -0.2) is 31.0 Å². The minimum atomic E-state index is -0.0730. The summed E-state index contributed by atoms with van der Waals surface area (Å²) in [5.74, 6) is 2.23. The Kier molecular flexibility index (Phi) is 3.71. The van der Waals surface area contributed by atoms with Crippen LogP contribution >= 0.6 is 11.6 Å². The van der Waals surface area contributed by atoms with Gasteiger partial charge in [-0.2, -0.15) is 0 Å². The van der Waals surface area contributed by atoms with Gasteiger partial charge in [-0.05, 0) is 26.7 Å². The maximum absolute atomic E-state index is 5.86. The van der Waals surface area contributed by atoms with Gasteiger partial charge in [0, 0.05) is 23.8 Å². The molecule has 1 N–H and O–H groups in total. The zero-order chi connectivity index (χ0) is 13.2. The molecule has 0 fully saturated rings. The van der Waals surface area contributed by atoms with E-state index in [9.17, 15) is 0 Å². The van der Waals surface area contributed by atoms with Crippen molar-refractivity contribution < 1.29 is 0 Å². The van der Waals surface area contributed by atoms with E-state index >= 15 is 0 Å². The molecule has 98 valence electrons. The summed E-state index contributed by atoms with van der Waals surface area (Å²) in [5.41, 5.74) is 0.681. The maximum atomic E-state index is 5.86. The summed E-state index contributed by atoms with van der Waals surface area (Å²) in [5, 5.41) is 11.7. The molecule has 2 aromatic heterocycles. The third kappa shape index (κ3) is 2.41. The van der Waals surface area contributed by atoms with E-state index in [1.54, 1.807) is 6.20 Å². The Balaban J connectivity index is 2.36. The number of aryl methyl sites for hydroxylation is 1. The van der Waals surface area contributed by atoms with E-state index in [4.69, 9.17) is 11.6 Å². The first kappa shape index (κ1) is 13.1. The zero-order valence-corrected chi connectivity index (χ0v) is 11.7. The molecular formula is C12H18ClN5. The van der Waals surface area contributed by atoms with Gasteiger partial charge in [-0.1, -0.05) is 6.92 Å². The molecule has 2 aromatic rings. The van der Waals surface area contributed by atoms with Crippen LogP contribution in [0.3, 0.4) is 0 Å². The molecule has 2 rings (SSSR count). The SMILES string of the molecule is CCC(C)(CCCl)Nc1nccn2c(C)nnc12. The molecule has 0 amide bonds. The molecule has 0 saturated carbocycles. The summed E-state index contributed by atoms with van der Waals surface area (Å²) in [6.45, 7) is 6.19. The molecule has 0 aliphatic carbocycles. The van der Waals surface area contributed by atoms with Crippen molar-refractivity contribution in [2.75, 3.05) is 11.2 Å². The van der Waals surface area contributed by atoms with Gasteiger partial charge in [0.25, 0.3) is 0 Å². The van der Waals surface area contributed by atoms with Crippen LogP contribution < -0.4 is 5.32 Å². The summed E-state index contributed by atoms with van der Waals surface area (Å²) in [6, 6.07) is 0. The van der Waals surface area contributed by atoms with Crippen molar-refractivity contribution in [1.29, 1.82) is 0 Å². The van der Waals surface area contributed by atoms with Crippen molar-refractivity contribution >= 4 is 23.1 Å². The number of aromatic nitrogens is 4. The molecule has 18 heavy (non-hydrogen) atoms. The van der Waals surface area contributed by atoms with Crippen LogP contribution in [0.5, 0.6) is 0 Å². The van der Waals surface area contributed by atoms with Crippen molar-refractivity contribution in [1.82, 2.24) is 19.6 Å². The lowest BCUT2D eigenvalue weighted by Gasteiger charge is -2.29. The van der Waals surface area contributed by atoms with Gasteiger partial charge in [0.2, 0.25) is 5.65 Å². The first-order valence-electron chi connectivity index (χ1n) is 6.10. The van der Waals surface area contributed by atoms with Gasteiger partial charge in [0.15, 0.2) is 5.82 Å². The highest BCUT2D eigenvalue weighted by Crippen LogP contribution is 2.23. The number of fused-ring (bicyclic) bond motifs is 1. The average molecular weight is 268 g/mol. The number of rotatable bonds is 5. The summed E-state index contributed by atoms with van der Waals surface area (Å²) in [6.07, 6.45) is 5.46. The van der Waals surface area contributed by atoms with E-state index in [-0.39, 0.29) is 5.54 Å². The topological polar surface area (TPSA) is 55.1 Å². The van der Waals surface area contributed by atoms with Crippen molar-refractivity contribution in [2.45, 2.75) is 39.2 Å². The first-order chi connectivity index (χ1) is 8.59. The fourth-order valence-electron chi connectivity index (χ4n) is 1.85. The zero-order valence-electron chi connectivity index (χ0n) is 10.9. The fourth-order valence-corrected chi connectivity index (χ4v) is 2.27. The van der Waals surface area contributed by atoms with Gasteiger partial charge >= 0.3 is 0 Å². The van der Waals surface area contributed by atoms with Gasteiger partial charge in [-0.15, -0.1) is 21.8 Å². The predicted molar refractivity (Wildman–Crippen MR) is 73.2 cm³/mol. The van der Waals surface area contributed by atoms with Crippen LogP contribution in [0.15, 0.2) is 12.4 Å². The van der Waals surface area contributed by atoms with Crippen molar-refractivity contribution in [3.8, 4) is 0 Å². The number of halogens is 1. The number of nitrogens with zero attached hydrogens (tertiary/aromatic N) is 4. The van der Waals surface area contributed by atoms with Crippen LogP contribution in [0.1, 0.15) is 32.5 Å². The van der Waals surface area contributed by atoms with Gasteiger partial charge in [0.1, 0.15) is 5.82 Å². The lowest BCUT2D eigenvalue weighted by molar-refractivity contribution is 0.479. The van der Waals surface area contributed by atoms with E-state index in [2.05, 4.69) is 34.3 Å². The molecule has 0 aromatic carbocycles. The predicted octanol–water partition coefficient (Wildman–Crippen LogP) is 2.64. The largest absolute Gasteiger partial charge is 0.362 e. The van der Waals surface area contributed by atoms with Gasteiger partial charge in [0.05, 0.1) is 0 Å². The second-order valence-electron chi connectivity index (χ2n) is 4.69. The van der Waals surface area contributed by atoms with Crippen LogP contribution in [0.25, 0.3) is 5.65 Å². The standard InChI is InChI=1S/C12H18ClN5/c1-4-12(3,5-6-13)15-10-11-17-16-9(2)18(11)8-7-14-10/h7-8H,4-6H2,1-3H3,(H,14,15). The Morgan fingerprint density at radius 3 is 2.89 bits per heavy atom. The Morgan fingerprint density at radius 1 is 1.44 bits per heavy atom. The van der Waals surface area contributed by atoms with E-state index in [1.165, 1.54) is 0 Å². The fraction of sp³-hybridized carbons (Fsp3) is 0.583. The van der Waals surface area contributed by atoms with Gasteiger partial charge in [-0.3, -0.25) is 4.40 Å². The quantitative estimate of drug-likeness (QED) is 0.846. The Hall–Kier alpha value is -1.36. The van der Waals surface area contributed by atoms with Crippen LogP contribution in [0, 0.1) is 6.92 Å². The number of hydrogen-bond donors (Lipinski definition) is 1. The number of alkyl halides is 1. The van der Waals surface area contributed by atoms with Crippen molar-refractivity contribution in [3.05, 3.63) is 18.2 Å². The second kappa shape index (κ2) is 5.10. The Bertz CT molecular complexity index is 538. The Labute approximate surface area is 112 Å². The maximum Gasteiger partial charge on any atom is 0.203 e. The monoisotopic (exact) mass is 267 g/mol. The highest BCUT2D eigenvalue weighted by molar-refractivity contribution is 6.17. The number of nitrogens with one attached hydrogen (secondary N) is 1.